The lowest BCUT2D eigenvalue weighted by Crippen LogP contribution is -2.63. The van der Waals surface area contributed by atoms with Crippen molar-refractivity contribution < 1.29 is 0 Å². The first-order valence-corrected chi connectivity index (χ1v) is 7.76. The molecule has 0 aromatic carbocycles. The summed E-state index contributed by atoms with van der Waals surface area (Å²) in [7, 11) is 2.25. The number of rotatable bonds is 4. The molecule has 0 aliphatic carbocycles. The predicted molar refractivity (Wildman–Crippen MR) is 78.0 cm³/mol. The Balaban J connectivity index is 1.93. The summed E-state index contributed by atoms with van der Waals surface area (Å²) in [5.74, 6) is 0.891. The molecule has 18 heavy (non-hydrogen) atoms. The van der Waals surface area contributed by atoms with Crippen LogP contribution in [0.5, 0.6) is 0 Å². The molecule has 3 heteroatoms. The Morgan fingerprint density at radius 1 is 1.28 bits per heavy atom. The molecule has 0 saturated carbocycles. The van der Waals surface area contributed by atoms with Gasteiger partial charge < -0.3 is 10.2 Å². The minimum atomic E-state index is 0.372. The van der Waals surface area contributed by atoms with Gasteiger partial charge in [-0.1, -0.05) is 13.8 Å². The molecule has 0 spiro atoms. The molecular weight excluding hydrogens is 222 g/mol. The van der Waals surface area contributed by atoms with E-state index in [0.29, 0.717) is 11.6 Å². The van der Waals surface area contributed by atoms with Crippen LogP contribution in [0.3, 0.4) is 0 Å². The fraction of sp³-hybridized carbons (Fsp3) is 1.00. The second-order valence-electron chi connectivity index (χ2n) is 6.56. The van der Waals surface area contributed by atoms with Crippen LogP contribution in [0.4, 0.5) is 0 Å². The van der Waals surface area contributed by atoms with Crippen LogP contribution >= 0.6 is 0 Å². The maximum absolute atomic E-state index is 3.79. The van der Waals surface area contributed by atoms with Gasteiger partial charge in [-0.3, -0.25) is 4.90 Å². The van der Waals surface area contributed by atoms with Crippen LogP contribution in [0.1, 0.15) is 40.0 Å². The van der Waals surface area contributed by atoms with Gasteiger partial charge in [0, 0.05) is 37.8 Å². The van der Waals surface area contributed by atoms with Crippen LogP contribution in [-0.2, 0) is 0 Å². The van der Waals surface area contributed by atoms with Crippen LogP contribution in [-0.4, -0.2) is 61.2 Å². The molecule has 1 N–H and O–H groups in total. The second kappa shape index (κ2) is 5.89. The van der Waals surface area contributed by atoms with E-state index >= 15 is 0 Å². The van der Waals surface area contributed by atoms with E-state index in [1.165, 1.54) is 45.4 Å². The molecule has 0 aromatic heterocycles. The first-order valence-electron chi connectivity index (χ1n) is 7.76. The van der Waals surface area contributed by atoms with Crippen molar-refractivity contribution in [2.24, 2.45) is 5.92 Å². The zero-order chi connectivity index (χ0) is 13.2. The van der Waals surface area contributed by atoms with E-state index in [1.807, 2.05) is 0 Å². The maximum atomic E-state index is 3.79. The SMILES string of the molecule is CCC1(CC)CN(CC2CCN(C)C2)C(C)CN1. The first kappa shape index (κ1) is 14.3. The Hall–Kier alpha value is -0.120. The van der Waals surface area contributed by atoms with Crippen LogP contribution in [0, 0.1) is 5.92 Å². The van der Waals surface area contributed by atoms with Gasteiger partial charge in [0.05, 0.1) is 0 Å². The average Bonchev–Trinajstić information content (AvgIpc) is 2.78. The highest BCUT2D eigenvalue weighted by Crippen LogP contribution is 2.25. The van der Waals surface area contributed by atoms with Gasteiger partial charge in [-0.15, -0.1) is 0 Å². The smallest absolute Gasteiger partial charge is 0.0304 e. The van der Waals surface area contributed by atoms with E-state index in [-0.39, 0.29) is 0 Å². The number of nitrogens with one attached hydrogen (secondary N) is 1. The summed E-state index contributed by atoms with van der Waals surface area (Å²) in [6.45, 7) is 13.3. The Bertz CT molecular complexity index is 262. The van der Waals surface area contributed by atoms with Gasteiger partial charge in [0.1, 0.15) is 0 Å². The fourth-order valence-electron chi connectivity index (χ4n) is 3.57. The molecule has 0 radical (unpaired) electrons. The molecule has 2 unspecified atom stereocenters. The highest BCUT2D eigenvalue weighted by atomic mass is 15.3. The molecule has 2 heterocycles. The Morgan fingerprint density at radius 3 is 2.56 bits per heavy atom. The summed E-state index contributed by atoms with van der Waals surface area (Å²) >= 11 is 0. The van der Waals surface area contributed by atoms with E-state index in [4.69, 9.17) is 0 Å². The molecular formula is C15H31N3. The Labute approximate surface area is 113 Å². The topological polar surface area (TPSA) is 18.5 Å². The van der Waals surface area contributed by atoms with Crippen LogP contribution in [0.25, 0.3) is 0 Å². The summed E-state index contributed by atoms with van der Waals surface area (Å²) in [4.78, 5) is 5.22. The van der Waals surface area contributed by atoms with Crippen LogP contribution < -0.4 is 5.32 Å². The fourth-order valence-corrected chi connectivity index (χ4v) is 3.57. The van der Waals surface area contributed by atoms with Gasteiger partial charge in [0.2, 0.25) is 0 Å². The monoisotopic (exact) mass is 253 g/mol. The number of piperazine rings is 1. The first-order chi connectivity index (χ1) is 8.58. The molecule has 106 valence electrons. The summed E-state index contributed by atoms with van der Waals surface area (Å²) in [5, 5.41) is 3.79. The van der Waals surface area contributed by atoms with Crippen molar-refractivity contribution in [3.8, 4) is 0 Å². The van der Waals surface area contributed by atoms with Crippen molar-refractivity contribution in [2.45, 2.75) is 51.6 Å². The minimum Gasteiger partial charge on any atom is -0.308 e. The minimum absolute atomic E-state index is 0.372. The van der Waals surface area contributed by atoms with E-state index in [9.17, 15) is 0 Å². The maximum Gasteiger partial charge on any atom is 0.0304 e. The van der Waals surface area contributed by atoms with Crippen molar-refractivity contribution in [2.75, 3.05) is 39.8 Å². The average molecular weight is 253 g/mol. The predicted octanol–water partition coefficient (Wildman–Crippen LogP) is 1.79. The zero-order valence-electron chi connectivity index (χ0n) is 12.7. The summed E-state index contributed by atoms with van der Waals surface area (Å²) < 4.78 is 0. The molecule has 2 aliphatic heterocycles. The van der Waals surface area contributed by atoms with Crippen molar-refractivity contribution in [3.05, 3.63) is 0 Å². The Kier molecular flexibility index (Phi) is 4.68. The van der Waals surface area contributed by atoms with Crippen molar-refractivity contribution in [1.29, 1.82) is 0 Å². The lowest BCUT2D eigenvalue weighted by molar-refractivity contribution is 0.0681. The number of nitrogens with zero attached hydrogens (tertiary/aromatic N) is 2. The normalized spacial score (nSPS) is 34.0. The molecule has 0 amide bonds. The molecule has 0 bridgehead atoms. The largest absolute Gasteiger partial charge is 0.308 e. The van der Waals surface area contributed by atoms with Gasteiger partial charge in [-0.25, -0.2) is 0 Å². The van der Waals surface area contributed by atoms with E-state index < -0.39 is 0 Å². The lowest BCUT2D eigenvalue weighted by Gasteiger charge is -2.47. The highest BCUT2D eigenvalue weighted by Gasteiger charge is 2.36. The van der Waals surface area contributed by atoms with Crippen molar-refractivity contribution in [3.63, 3.8) is 0 Å². The number of hydrogen-bond donors (Lipinski definition) is 1. The Morgan fingerprint density at radius 2 is 2.00 bits per heavy atom. The number of hydrogen-bond acceptors (Lipinski definition) is 3. The molecule has 3 nitrogen and oxygen atoms in total. The third kappa shape index (κ3) is 3.06. The summed E-state index contributed by atoms with van der Waals surface area (Å²) in [6, 6.07) is 0.696. The van der Waals surface area contributed by atoms with Gasteiger partial charge in [-0.05, 0) is 45.7 Å². The van der Waals surface area contributed by atoms with Crippen molar-refractivity contribution >= 4 is 0 Å². The molecule has 0 aromatic rings. The van der Waals surface area contributed by atoms with E-state index in [1.54, 1.807) is 0 Å². The second-order valence-corrected chi connectivity index (χ2v) is 6.56. The molecule has 2 atom stereocenters. The van der Waals surface area contributed by atoms with Gasteiger partial charge in [0.25, 0.3) is 0 Å². The number of likely N-dealkylation sites (tertiary alicyclic amines) is 1. The quantitative estimate of drug-likeness (QED) is 0.824. The van der Waals surface area contributed by atoms with Gasteiger partial charge in [-0.2, -0.15) is 0 Å². The molecule has 2 saturated heterocycles. The van der Waals surface area contributed by atoms with Gasteiger partial charge in [0.15, 0.2) is 0 Å². The van der Waals surface area contributed by atoms with Crippen LogP contribution in [0.15, 0.2) is 0 Å². The molecule has 2 fully saturated rings. The zero-order valence-corrected chi connectivity index (χ0v) is 12.7. The summed E-state index contributed by atoms with van der Waals surface area (Å²) in [6.07, 6.45) is 3.88. The highest BCUT2D eigenvalue weighted by molar-refractivity contribution is 4.96. The van der Waals surface area contributed by atoms with E-state index in [2.05, 4.69) is 42.9 Å². The third-order valence-corrected chi connectivity index (χ3v) is 5.24. The summed E-state index contributed by atoms with van der Waals surface area (Å²) in [5.41, 5.74) is 0.372. The van der Waals surface area contributed by atoms with Crippen LogP contribution in [0.2, 0.25) is 0 Å². The van der Waals surface area contributed by atoms with E-state index in [0.717, 1.165) is 12.5 Å². The lowest BCUT2D eigenvalue weighted by atomic mass is 9.88. The molecule has 2 rings (SSSR count). The molecule has 2 aliphatic rings. The van der Waals surface area contributed by atoms with Gasteiger partial charge >= 0.3 is 0 Å². The van der Waals surface area contributed by atoms with Crippen molar-refractivity contribution in [1.82, 2.24) is 15.1 Å². The third-order valence-electron chi connectivity index (χ3n) is 5.24. The standard InChI is InChI=1S/C15H31N3/c1-5-15(6-2)12-18(13(3)9-16-15)11-14-7-8-17(4)10-14/h13-14,16H,5-12H2,1-4H3.